The molecule has 1 heterocycles. The molecule has 0 bridgehead atoms. The van der Waals surface area contributed by atoms with Crippen molar-refractivity contribution < 1.29 is 27.5 Å². The number of hydrogen-bond acceptors (Lipinski definition) is 4. The van der Waals surface area contributed by atoms with E-state index in [1.807, 2.05) is 0 Å². The summed E-state index contributed by atoms with van der Waals surface area (Å²) in [6, 6.07) is 0.451. The van der Waals surface area contributed by atoms with Crippen LogP contribution in [-0.4, -0.2) is 55.5 Å². The summed E-state index contributed by atoms with van der Waals surface area (Å²) in [5.74, 6) is -5.02. The first-order chi connectivity index (χ1) is 11.3. The van der Waals surface area contributed by atoms with Gasteiger partial charge in [-0.3, -0.25) is 9.69 Å². The monoisotopic (exact) mass is 344 g/mol. The van der Waals surface area contributed by atoms with Crippen molar-refractivity contribution in [3.63, 3.8) is 0 Å². The van der Waals surface area contributed by atoms with Gasteiger partial charge in [0.1, 0.15) is 6.04 Å². The van der Waals surface area contributed by atoms with Gasteiger partial charge in [0.2, 0.25) is 5.91 Å². The van der Waals surface area contributed by atoms with Gasteiger partial charge in [0.05, 0.1) is 7.11 Å². The zero-order chi connectivity index (χ0) is 17.9. The smallest absolute Gasteiger partial charge is 0.327 e. The Balaban J connectivity index is 2.18. The third-order valence-electron chi connectivity index (χ3n) is 4.08. The van der Waals surface area contributed by atoms with Crippen molar-refractivity contribution >= 4 is 11.9 Å². The van der Waals surface area contributed by atoms with Gasteiger partial charge in [0.25, 0.3) is 0 Å². The van der Waals surface area contributed by atoms with Crippen LogP contribution in [0.1, 0.15) is 24.4 Å². The molecule has 1 amide bonds. The predicted molar refractivity (Wildman–Crippen MR) is 79.5 cm³/mol. The zero-order valence-corrected chi connectivity index (χ0v) is 13.5. The average molecular weight is 344 g/mol. The molecule has 8 heteroatoms. The van der Waals surface area contributed by atoms with Gasteiger partial charge in [-0.15, -0.1) is 0 Å². The lowest BCUT2D eigenvalue weighted by atomic mass is 10.0. The largest absolute Gasteiger partial charge is 0.468 e. The standard InChI is InChI=1S/C16H19F3N2O3/c1-20(6-7-21-5-3-4-13(21)22)15(16(23)24-2)10-8-11(17)14(19)12(18)9-10/h8-9,15H,3-7H2,1-2H3/t15-/m0/s1. The van der Waals surface area contributed by atoms with Crippen molar-refractivity contribution in [2.45, 2.75) is 18.9 Å². The van der Waals surface area contributed by atoms with E-state index < -0.39 is 29.5 Å². The molecule has 0 aromatic heterocycles. The highest BCUT2D eigenvalue weighted by atomic mass is 19.2. The number of hydrogen-bond donors (Lipinski definition) is 0. The summed E-state index contributed by atoms with van der Waals surface area (Å²) in [5.41, 5.74) is -0.0477. The minimum absolute atomic E-state index is 0.0388. The Labute approximate surface area is 138 Å². The van der Waals surface area contributed by atoms with Crippen molar-refractivity contribution in [3.8, 4) is 0 Å². The molecule has 0 N–H and O–H groups in total. The summed E-state index contributed by atoms with van der Waals surface area (Å²) in [7, 11) is 2.73. The number of rotatable bonds is 6. The fourth-order valence-electron chi connectivity index (χ4n) is 2.76. The summed E-state index contributed by atoms with van der Waals surface area (Å²) in [4.78, 5) is 26.8. The Morgan fingerprint density at radius 3 is 2.46 bits per heavy atom. The van der Waals surface area contributed by atoms with E-state index in [0.29, 0.717) is 26.1 Å². The van der Waals surface area contributed by atoms with E-state index >= 15 is 0 Å². The van der Waals surface area contributed by atoms with Gasteiger partial charge < -0.3 is 9.64 Å². The summed E-state index contributed by atoms with van der Waals surface area (Å²) >= 11 is 0. The molecule has 0 saturated carbocycles. The molecule has 1 aliphatic rings. The third kappa shape index (κ3) is 3.87. The maximum Gasteiger partial charge on any atom is 0.327 e. The van der Waals surface area contributed by atoms with Gasteiger partial charge in [-0.2, -0.15) is 0 Å². The van der Waals surface area contributed by atoms with Gasteiger partial charge in [0.15, 0.2) is 17.5 Å². The van der Waals surface area contributed by atoms with Gasteiger partial charge in [-0.25, -0.2) is 18.0 Å². The van der Waals surface area contributed by atoms with Crippen LogP contribution in [0.25, 0.3) is 0 Å². The zero-order valence-electron chi connectivity index (χ0n) is 13.5. The number of nitrogens with zero attached hydrogens (tertiary/aromatic N) is 2. The molecule has 5 nitrogen and oxygen atoms in total. The van der Waals surface area contributed by atoms with Crippen LogP contribution in [0.2, 0.25) is 0 Å². The summed E-state index contributed by atoms with van der Waals surface area (Å²) < 4.78 is 44.8. The molecule has 1 atom stereocenters. The maximum absolute atomic E-state index is 13.5. The Morgan fingerprint density at radius 1 is 1.33 bits per heavy atom. The number of methoxy groups -OCH3 is 1. The normalized spacial score (nSPS) is 15.9. The molecule has 0 spiro atoms. The van der Waals surface area contributed by atoms with Crippen molar-refractivity contribution in [2.75, 3.05) is 33.8 Å². The van der Waals surface area contributed by atoms with Gasteiger partial charge in [-0.05, 0) is 31.2 Å². The van der Waals surface area contributed by atoms with E-state index in [0.717, 1.165) is 25.7 Å². The summed E-state index contributed by atoms with van der Waals surface area (Å²) in [5, 5.41) is 0. The summed E-state index contributed by atoms with van der Waals surface area (Å²) in [6.07, 6.45) is 1.29. The minimum Gasteiger partial charge on any atom is -0.468 e. The average Bonchev–Trinajstić information content (AvgIpc) is 2.95. The van der Waals surface area contributed by atoms with Crippen molar-refractivity contribution in [1.82, 2.24) is 9.80 Å². The lowest BCUT2D eigenvalue weighted by molar-refractivity contribution is -0.146. The number of esters is 1. The van der Waals surface area contributed by atoms with E-state index in [-0.39, 0.29) is 11.5 Å². The SMILES string of the molecule is COC(=O)[C@H](c1cc(F)c(F)c(F)c1)N(C)CCN1CCCC1=O. The number of halogens is 3. The van der Waals surface area contributed by atoms with Crippen LogP contribution in [0.3, 0.4) is 0 Å². The molecule has 1 aliphatic heterocycles. The van der Waals surface area contributed by atoms with Crippen LogP contribution in [-0.2, 0) is 14.3 Å². The first-order valence-electron chi connectivity index (χ1n) is 7.55. The second kappa shape index (κ2) is 7.65. The number of ether oxygens (including phenoxy) is 1. The van der Waals surface area contributed by atoms with E-state index in [4.69, 9.17) is 4.74 Å². The van der Waals surface area contributed by atoms with Crippen LogP contribution in [0.15, 0.2) is 12.1 Å². The number of likely N-dealkylation sites (N-methyl/N-ethyl adjacent to an activating group) is 1. The van der Waals surface area contributed by atoms with Gasteiger partial charge in [-0.1, -0.05) is 0 Å². The highest BCUT2D eigenvalue weighted by molar-refractivity contribution is 5.78. The fraction of sp³-hybridized carbons (Fsp3) is 0.500. The predicted octanol–water partition coefficient (Wildman–Crippen LogP) is 1.87. The van der Waals surface area contributed by atoms with Crippen molar-refractivity contribution in [2.24, 2.45) is 0 Å². The maximum atomic E-state index is 13.5. The molecular weight excluding hydrogens is 325 g/mol. The molecule has 1 aromatic carbocycles. The van der Waals surface area contributed by atoms with Crippen LogP contribution >= 0.6 is 0 Å². The molecule has 1 saturated heterocycles. The molecule has 2 rings (SSSR count). The molecule has 1 fully saturated rings. The molecule has 0 aliphatic carbocycles. The molecule has 0 radical (unpaired) electrons. The van der Waals surface area contributed by atoms with Crippen molar-refractivity contribution in [3.05, 3.63) is 35.1 Å². The second-order valence-electron chi connectivity index (χ2n) is 5.69. The Bertz CT molecular complexity index is 616. The lowest BCUT2D eigenvalue weighted by Gasteiger charge is -2.28. The molecule has 132 valence electrons. The number of benzene rings is 1. The van der Waals surface area contributed by atoms with Crippen LogP contribution in [0, 0.1) is 17.5 Å². The lowest BCUT2D eigenvalue weighted by Crippen LogP contribution is -2.38. The minimum atomic E-state index is -1.59. The highest BCUT2D eigenvalue weighted by Gasteiger charge is 2.29. The first-order valence-corrected chi connectivity index (χ1v) is 7.55. The Hall–Kier alpha value is -2.09. The highest BCUT2D eigenvalue weighted by Crippen LogP contribution is 2.25. The fourth-order valence-corrected chi connectivity index (χ4v) is 2.76. The molecule has 24 heavy (non-hydrogen) atoms. The van der Waals surface area contributed by atoms with Crippen LogP contribution in [0.5, 0.6) is 0 Å². The quantitative estimate of drug-likeness (QED) is 0.584. The Morgan fingerprint density at radius 2 is 1.96 bits per heavy atom. The molecule has 0 unspecified atom stereocenters. The van der Waals surface area contributed by atoms with Crippen molar-refractivity contribution in [1.29, 1.82) is 0 Å². The van der Waals surface area contributed by atoms with E-state index in [2.05, 4.69) is 0 Å². The molecular formula is C16H19F3N2O3. The van der Waals surface area contributed by atoms with E-state index in [1.165, 1.54) is 4.90 Å². The number of likely N-dealkylation sites (tertiary alicyclic amines) is 1. The third-order valence-corrected chi connectivity index (χ3v) is 4.08. The first kappa shape index (κ1) is 18.3. The van der Waals surface area contributed by atoms with Crippen LogP contribution < -0.4 is 0 Å². The number of amides is 1. The molecule has 1 aromatic rings. The number of carbonyl (C=O) groups is 2. The van der Waals surface area contributed by atoms with E-state index in [1.54, 1.807) is 11.9 Å². The van der Waals surface area contributed by atoms with Gasteiger partial charge >= 0.3 is 5.97 Å². The van der Waals surface area contributed by atoms with E-state index in [9.17, 15) is 22.8 Å². The van der Waals surface area contributed by atoms with Gasteiger partial charge in [0, 0.05) is 26.1 Å². The topological polar surface area (TPSA) is 49.9 Å². The summed E-state index contributed by atoms with van der Waals surface area (Å²) in [6.45, 7) is 1.33. The number of carbonyl (C=O) groups excluding carboxylic acids is 2. The Kier molecular flexibility index (Phi) is 5.82. The van der Waals surface area contributed by atoms with Crippen LogP contribution in [0.4, 0.5) is 13.2 Å². The second-order valence-corrected chi connectivity index (χ2v) is 5.69.